The predicted octanol–water partition coefficient (Wildman–Crippen LogP) is 15.9. The van der Waals surface area contributed by atoms with Crippen LogP contribution in [0.25, 0.3) is 44.2 Å². The van der Waals surface area contributed by atoms with Crippen LogP contribution in [0.3, 0.4) is 0 Å². The zero-order valence-electron chi connectivity index (χ0n) is 33.6. The highest BCUT2D eigenvalue weighted by Crippen LogP contribution is 2.56. The first-order valence-corrected chi connectivity index (χ1v) is 21.9. The van der Waals surface area contributed by atoms with Gasteiger partial charge in [0.2, 0.25) is 0 Å². The fourth-order valence-corrected chi connectivity index (χ4v) is 11.9. The van der Waals surface area contributed by atoms with Crippen LogP contribution in [-0.2, 0) is 5.41 Å². The molecule has 0 amide bonds. The molecule has 0 saturated heterocycles. The lowest BCUT2D eigenvalue weighted by molar-refractivity contribution is 0.420. The maximum atomic E-state index is 2.55. The van der Waals surface area contributed by atoms with Crippen LogP contribution in [0.2, 0.25) is 0 Å². The van der Waals surface area contributed by atoms with E-state index in [0.29, 0.717) is 5.92 Å². The molecule has 11 rings (SSSR count). The molecule has 0 N–H and O–H groups in total. The van der Waals surface area contributed by atoms with E-state index in [9.17, 15) is 0 Å². The maximum Gasteiger partial charge on any atom is 0.0540 e. The molecule has 3 fully saturated rings. The van der Waals surface area contributed by atoms with Gasteiger partial charge in [0.1, 0.15) is 0 Å². The van der Waals surface area contributed by atoms with Crippen LogP contribution in [0.4, 0.5) is 17.1 Å². The molecule has 7 aromatic rings. The molecule has 282 valence electrons. The molecule has 4 aliphatic rings. The van der Waals surface area contributed by atoms with Crippen LogP contribution < -0.4 is 4.90 Å². The molecular weight excluding hydrogens is 687 g/mol. The SMILES string of the molecule is CC1(C)c2cc(N(c3ccc(C4CC5CCC4C5)cc3)c3cccc4cc(C5CCCCC5)ccc34)ccc2-c2cccc(-c3ccccc3-c3ccccc3)c21. The van der Waals surface area contributed by atoms with Gasteiger partial charge in [-0.15, -0.1) is 0 Å². The first kappa shape index (κ1) is 34.8. The highest BCUT2D eigenvalue weighted by atomic mass is 15.1. The van der Waals surface area contributed by atoms with Gasteiger partial charge in [-0.1, -0.05) is 161 Å². The normalized spacial score (nSPS) is 20.8. The van der Waals surface area contributed by atoms with Gasteiger partial charge in [-0.25, -0.2) is 0 Å². The summed E-state index contributed by atoms with van der Waals surface area (Å²) in [6, 6.07) is 58.2. The Kier molecular flexibility index (Phi) is 8.50. The summed E-state index contributed by atoms with van der Waals surface area (Å²) in [5, 5.41) is 2.66. The molecule has 0 spiro atoms. The largest absolute Gasteiger partial charge is 0.310 e. The third-order valence-electron chi connectivity index (χ3n) is 14.7. The molecule has 2 bridgehead atoms. The van der Waals surface area contributed by atoms with Gasteiger partial charge >= 0.3 is 0 Å². The van der Waals surface area contributed by atoms with E-state index in [1.165, 1.54) is 141 Å². The van der Waals surface area contributed by atoms with Crippen LogP contribution in [0.5, 0.6) is 0 Å². The van der Waals surface area contributed by atoms with E-state index in [4.69, 9.17) is 0 Å². The second kappa shape index (κ2) is 13.9. The fourth-order valence-electron chi connectivity index (χ4n) is 11.9. The van der Waals surface area contributed by atoms with Gasteiger partial charge in [-0.3, -0.25) is 0 Å². The molecular formula is C56H53N. The molecule has 57 heavy (non-hydrogen) atoms. The minimum absolute atomic E-state index is 0.202. The Morgan fingerprint density at radius 2 is 1.21 bits per heavy atom. The number of hydrogen-bond donors (Lipinski definition) is 0. The quantitative estimate of drug-likeness (QED) is 0.157. The average molecular weight is 740 g/mol. The first-order chi connectivity index (χ1) is 28.0. The minimum atomic E-state index is -0.202. The Balaban J connectivity index is 1.04. The van der Waals surface area contributed by atoms with Gasteiger partial charge in [0.15, 0.2) is 0 Å². The van der Waals surface area contributed by atoms with Gasteiger partial charge in [0.25, 0.3) is 0 Å². The summed E-state index contributed by atoms with van der Waals surface area (Å²) in [5.74, 6) is 3.23. The van der Waals surface area contributed by atoms with Crippen molar-refractivity contribution in [3.63, 3.8) is 0 Å². The zero-order valence-corrected chi connectivity index (χ0v) is 33.6. The van der Waals surface area contributed by atoms with Crippen molar-refractivity contribution in [1.82, 2.24) is 0 Å². The van der Waals surface area contributed by atoms with E-state index in [2.05, 4.69) is 170 Å². The van der Waals surface area contributed by atoms with Crippen LogP contribution >= 0.6 is 0 Å². The lowest BCUT2D eigenvalue weighted by Gasteiger charge is -2.30. The summed E-state index contributed by atoms with van der Waals surface area (Å²) in [5.41, 5.74) is 17.2. The maximum absolute atomic E-state index is 2.55. The van der Waals surface area contributed by atoms with Crippen LogP contribution in [0, 0.1) is 11.8 Å². The number of benzene rings is 7. The molecule has 0 radical (unpaired) electrons. The van der Waals surface area contributed by atoms with Crippen molar-refractivity contribution in [2.24, 2.45) is 11.8 Å². The standard InChI is InChI=1S/C56H53N/c1-56(2)53-36-45(30-32-49(53)51-21-12-20-50(55(51)56)48-19-10-9-18-46(48)39-15-7-4-8-16-39)57(44-28-25-40(26-29-44)52-34-37-23-24-43(52)33-37)54-22-11-17-42-35-41(27-31-47(42)54)38-13-5-3-6-14-38/h4,7-12,15-22,25-32,35-38,43,52H,3,5-6,13-14,23-24,33-34H2,1-2H3. The summed E-state index contributed by atoms with van der Waals surface area (Å²) in [6.07, 6.45) is 12.4. The van der Waals surface area contributed by atoms with Gasteiger partial charge in [0, 0.05) is 22.2 Å². The third kappa shape index (κ3) is 5.88. The monoisotopic (exact) mass is 739 g/mol. The van der Waals surface area contributed by atoms with Crippen molar-refractivity contribution < 1.29 is 0 Å². The molecule has 3 atom stereocenters. The predicted molar refractivity (Wildman–Crippen MR) is 241 cm³/mol. The highest BCUT2D eigenvalue weighted by molar-refractivity contribution is 6.00. The number of rotatable bonds is 7. The fraction of sp³-hybridized carbons (Fsp3) is 0.286. The van der Waals surface area contributed by atoms with Gasteiger partial charge < -0.3 is 4.90 Å². The molecule has 0 aromatic heterocycles. The Hall–Kier alpha value is -5.40. The number of fused-ring (bicyclic) bond motifs is 6. The van der Waals surface area contributed by atoms with Crippen molar-refractivity contribution in [1.29, 1.82) is 0 Å². The molecule has 1 heteroatoms. The van der Waals surface area contributed by atoms with Crippen molar-refractivity contribution in [2.45, 2.75) is 88.9 Å². The number of anilines is 3. The average Bonchev–Trinajstić information content (AvgIpc) is 3.97. The van der Waals surface area contributed by atoms with Gasteiger partial charge in [0.05, 0.1) is 5.69 Å². The second-order valence-electron chi connectivity index (χ2n) is 18.3. The number of nitrogens with zero attached hydrogens (tertiary/aromatic N) is 1. The van der Waals surface area contributed by atoms with E-state index < -0.39 is 0 Å². The smallest absolute Gasteiger partial charge is 0.0540 e. The molecule has 0 heterocycles. The summed E-state index contributed by atoms with van der Waals surface area (Å²) in [6.45, 7) is 4.88. The second-order valence-corrected chi connectivity index (χ2v) is 18.3. The third-order valence-corrected chi connectivity index (χ3v) is 14.7. The summed E-state index contributed by atoms with van der Waals surface area (Å²) in [4.78, 5) is 2.55. The van der Waals surface area contributed by atoms with Gasteiger partial charge in [-0.05, 0) is 147 Å². The topological polar surface area (TPSA) is 3.24 Å². The minimum Gasteiger partial charge on any atom is -0.310 e. The van der Waals surface area contributed by atoms with E-state index in [1.807, 2.05) is 0 Å². The van der Waals surface area contributed by atoms with Crippen molar-refractivity contribution in [2.75, 3.05) is 4.90 Å². The van der Waals surface area contributed by atoms with Crippen LogP contribution in [0.1, 0.15) is 106 Å². The Morgan fingerprint density at radius 1 is 0.509 bits per heavy atom. The zero-order chi connectivity index (χ0) is 38.1. The molecule has 4 aliphatic carbocycles. The lowest BCUT2D eigenvalue weighted by Crippen LogP contribution is -2.18. The first-order valence-electron chi connectivity index (χ1n) is 21.9. The van der Waals surface area contributed by atoms with Crippen molar-refractivity contribution in [3.05, 3.63) is 174 Å². The Morgan fingerprint density at radius 3 is 1.98 bits per heavy atom. The van der Waals surface area contributed by atoms with E-state index >= 15 is 0 Å². The molecule has 3 unspecified atom stereocenters. The molecule has 7 aromatic carbocycles. The summed E-state index contributed by atoms with van der Waals surface area (Å²) >= 11 is 0. The van der Waals surface area contributed by atoms with E-state index in [-0.39, 0.29) is 5.41 Å². The lowest BCUT2D eigenvalue weighted by atomic mass is 9.77. The number of hydrogen-bond acceptors (Lipinski definition) is 1. The van der Waals surface area contributed by atoms with Gasteiger partial charge in [-0.2, -0.15) is 0 Å². The van der Waals surface area contributed by atoms with E-state index in [0.717, 1.165) is 17.8 Å². The van der Waals surface area contributed by atoms with Crippen LogP contribution in [0.15, 0.2) is 152 Å². The Labute approximate surface area is 339 Å². The van der Waals surface area contributed by atoms with Crippen molar-refractivity contribution in [3.8, 4) is 33.4 Å². The van der Waals surface area contributed by atoms with Crippen molar-refractivity contribution >= 4 is 27.8 Å². The summed E-state index contributed by atoms with van der Waals surface area (Å²) in [7, 11) is 0. The summed E-state index contributed by atoms with van der Waals surface area (Å²) < 4.78 is 0. The Bertz CT molecular complexity index is 2610. The highest BCUT2D eigenvalue weighted by Gasteiger charge is 2.41. The van der Waals surface area contributed by atoms with Crippen LogP contribution in [-0.4, -0.2) is 0 Å². The molecule has 0 aliphatic heterocycles. The molecule has 3 saturated carbocycles. The van der Waals surface area contributed by atoms with E-state index in [1.54, 1.807) is 0 Å². The molecule has 1 nitrogen and oxygen atoms in total.